The van der Waals surface area contributed by atoms with Crippen molar-refractivity contribution in [3.05, 3.63) is 102 Å². The molecular formula is C23H22N2O2. The van der Waals surface area contributed by atoms with Gasteiger partial charge >= 0.3 is 0 Å². The van der Waals surface area contributed by atoms with Gasteiger partial charge in [-0.3, -0.25) is 9.59 Å². The lowest BCUT2D eigenvalue weighted by Crippen LogP contribution is -2.32. The van der Waals surface area contributed by atoms with Gasteiger partial charge < -0.3 is 10.6 Å². The van der Waals surface area contributed by atoms with Gasteiger partial charge in [-0.15, -0.1) is 0 Å². The van der Waals surface area contributed by atoms with Gasteiger partial charge in [-0.25, -0.2) is 0 Å². The smallest absolute Gasteiger partial charge is 0.232 e. The SMILES string of the molecule is O=C(CCNC(=O)C(c1ccccc1)c1ccccc1)Nc1ccccc1. The molecule has 2 amide bonds. The van der Waals surface area contributed by atoms with Crippen LogP contribution < -0.4 is 10.6 Å². The van der Waals surface area contributed by atoms with E-state index in [4.69, 9.17) is 0 Å². The molecule has 0 aliphatic carbocycles. The first-order valence-electron chi connectivity index (χ1n) is 8.96. The molecule has 3 aromatic rings. The summed E-state index contributed by atoms with van der Waals surface area (Å²) in [7, 11) is 0. The lowest BCUT2D eigenvalue weighted by molar-refractivity contribution is -0.121. The van der Waals surface area contributed by atoms with Gasteiger partial charge in [0, 0.05) is 18.7 Å². The molecule has 3 rings (SSSR count). The molecule has 0 unspecified atom stereocenters. The molecule has 136 valence electrons. The Bertz CT molecular complexity index is 825. The number of para-hydroxylation sites is 1. The third kappa shape index (κ3) is 5.28. The number of rotatable bonds is 7. The molecule has 0 heterocycles. The van der Waals surface area contributed by atoms with Crippen molar-refractivity contribution in [2.75, 3.05) is 11.9 Å². The summed E-state index contributed by atoms with van der Waals surface area (Å²) in [5, 5.41) is 5.71. The zero-order valence-corrected chi connectivity index (χ0v) is 15.0. The molecule has 0 atom stereocenters. The van der Waals surface area contributed by atoms with Gasteiger partial charge in [0.2, 0.25) is 11.8 Å². The van der Waals surface area contributed by atoms with Crippen LogP contribution in [-0.2, 0) is 9.59 Å². The predicted molar refractivity (Wildman–Crippen MR) is 107 cm³/mol. The van der Waals surface area contributed by atoms with Crippen LogP contribution >= 0.6 is 0 Å². The Labute approximate surface area is 159 Å². The largest absolute Gasteiger partial charge is 0.355 e. The van der Waals surface area contributed by atoms with Crippen molar-refractivity contribution in [1.82, 2.24) is 5.32 Å². The van der Waals surface area contributed by atoms with E-state index in [-0.39, 0.29) is 24.8 Å². The van der Waals surface area contributed by atoms with Crippen LogP contribution in [0.1, 0.15) is 23.5 Å². The van der Waals surface area contributed by atoms with Crippen LogP contribution in [0.3, 0.4) is 0 Å². The van der Waals surface area contributed by atoms with Crippen LogP contribution in [0.4, 0.5) is 5.69 Å². The average molecular weight is 358 g/mol. The van der Waals surface area contributed by atoms with Crippen molar-refractivity contribution in [2.24, 2.45) is 0 Å². The second kappa shape index (κ2) is 9.34. The van der Waals surface area contributed by atoms with E-state index in [0.29, 0.717) is 0 Å². The van der Waals surface area contributed by atoms with E-state index in [0.717, 1.165) is 16.8 Å². The second-order valence-corrected chi connectivity index (χ2v) is 6.21. The van der Waals surface area contributed by atoms with Crippen LogP contribution in [0.2, 0.25) is 0 Å². The Morgan fingerprint density at radius 2 is 1.19 bits per heavy atom. The summed E-state index contributed by atoms with van der Waals surface area (Å²) in [6.45, 7) is 0.285. The Balaban J connectivity index is 1.61. The van der Waals surface area contributed by atoms with Gasteiger partial charge in [-0.05, 0) is 23.3 Å². The fourth-order valence-corrected chi connectivity index (χ4v) is 2.93. The number of anilines is 1. The van der Waals surface area contributed by atoms with Crippen molar-refractivity contribution in [3.8, 4) is 0 Å². The van der Waals surface area contributed by atoms with E-state index in [9.17, 15) is 9.59 Å². The summed E-state index contributed by atoms with van der Waals surface area (Å²) in [6, 6.07) is 28.6. The molecule has 0 aromatic heterocycles. The monoisotopic (exact) mass is 358 g/mol. The second-order valence-electron chi connectivity index (χ2n) is 6.21. The lowest BCUT2D eigenvalue weighted by Gasteiger charge is -2.18. The molecule has 27 heavy (non-hydrogen) atoms. The minimum atomic E-state index is -0.399. The van der Waals surface area contributed by atoms with Gasteiger partial charge in [-0.2, -0.15) is 0 Å². The molecule has 4 heteroatoms. The van der Waals surface area contributed by atoms with E-state index in [1.54, 1.807) is 0 Å². The van der Waals surface area contributed by atoms with Crippen molar-refractivity contribution < 1.29 is 9.59 Å². The van der Waals surface area contributed by atoms with Gasteiger partial charge in [0.05, 0.1) is 5.92 Å². The fourth-order valence-electron chi connectivity index (χ4n) is 2.93. The summed E-state index contributed by atoms with van der Waals surface area (Å²) in [6.07, 6.45) is 0.219. The number of amides is 2. The molecule has 0 saturated heterocycles. The normalized spacial score (nSPS) is 10.4. The number of hydrogen-bond donors (Lipinski definition) is 2. The summed E-state index contributed by atoms with van der Waals surface area (Å²) in [5.41, 5.74) is 2.60. The number of carbonyl (C=O) groups excluding carboxylic acids is 2. The van der Waals surface area contributed by atoms with Crippen LogP contribution in [0, 0.1) is 0 Å². The van der Waals surface area contributed by atoms with Gasteiger partial charge in [0.1, 0.15) is 0 Å². The van der Waals surface area contributed by atoms with Gasteiger partial charge in [0.25, 0.3) is 0 Å². The molecule has 0 aliphatic heterocycles. The Morgan fingerprint density at radius 1 is 0.704 bits per heavy atom. The first kappa shape index (κ1) is 18.4. The van der Waals surface area contributed by atoms with Crippen molar-refractivity contribution >= 4 is 17.5 Å². The first-order valence-corrected chi connectivity index (χ1v) is 8.96. The Morgan fingerprint density at radius 3 is 1.70 bits per heavy atom. The van der Waals surface area contributed by atoms with Gasteiger partial charge in [-0.1, -0.05) is 78.9 Å². The van der Waals surface area contributed by atoms with Crippen LogP contribution in [0.15, 0.2) is 91.0 Å². The fraction of sp³-hybridized carbons (Fsp3) is 0.130. The van der Waals surface area contributed by atoms with Crippen molar-refractivity contribution in [2.45, 2.75) is 12.3 Å². The van der Waals surface area contributed by atoms with Crippen LogP contribution in [0.25, 0.3) is 0 Å². The van der Waals surface area contributed by atoms with E-state index in [1.807, 2.05) is 91.0 Å². The van der Waals surface area contributed by atoms with Crippen LogP contribution in [0.5, 0.6) is 0 Å². The van der Waals surface area contributed by atoms with E-state index in [2.05, 4.69) is 10.6 Å². The zero-order chi connectivity index (χ0) is 18.9. The van der Waals surface area contributed by atoms with Crippen molar-refractivity contribution in [1.29, 1.82) is 0 Å². The van der Waals surface area contributed by atoms with E-state index in [1.165, 1.54) is 0 Å². The zero-order valence-electron chi connectivity index (χ0n) is 15.0. The average Bonchev–Trinajstić information content (AvgIpc) is 2.70. The van der Waals surface area contributed by atoms with Crippen LogP contribution in [-0.4, -0.2) is 18.4 Å². The minimum Gasteiger partial charge on any atom is -0.355 e. The van der Waals surface area contributed by atoms with Gasteiger partial charge in [0.15, 0.2) is 0 Å². The van der Waals surface area contributed by atoms with E-state index >= 15 is 0 Å². The molecule has 3 aromatic carbocycles. The topological polar surface area (TPSA) is 58.2 Å². The van der Waals surface area contributed by atoms with E-state index < -0.39 is 5.92 Å². The summed E-state index contributed by atoms with van der Waals surface area (Å²) in [4.78, 5) is 24.9. The highest BCUT2D eigenvalue weighted by Crippen LogP contribution is 2.24. The molecule has 0 spiro atoms. The molecule has 0 bridgehead atoms. The quantitative estimate of drug-likeness (QED) is 0.671. The standard InChI is InChI=1S/C23H22N2O2/c26-21(25-20-14-8-3-9-15-20)16-17-24-23(27)22(18-10-4-1-5-11-18)19-12-6-2-7-13-19/h1-15,22H,16-17H2,(H,24,27)(H,25,26). The third-order valence-corrected chi connectivity index (χ3v) is 4.24. The Kier molecular flexibility index (Phi) is 6.36. The highest BCUT2D eigenvalue weighted by Gasteiger charge is 2.22. The maximum absolute atomic E-state index is 12.8. The summed E-state index contributed by atoms with van der Waals surface area (Å²) in [5.74, 6) is -0.637. The first-order chi connectivity index (χ1) is 13.2. The summed E-state index contributed by atoms with van der Waals surface area (Å²) >= 11 is 0. The summed E-state index contributed by atoms with van der Waals surface area (Å²) < 4.78 is 0. The Hall–Kier alpha value is -3.40. The molecule has 4 nitrogen and oxygen atoms in total. The number of hydrogen-bond acceptors (Lipinski definition) is 2. The molecule has 2 N–H and O–H groups in total. The lowest BCUT2D eigenvalue weighted by atomic mass is 9.90. The molecular weight excluding hydrogens is 336 g/mol. The molecule has 0 fully saturated rings. The maximum Gasteiger partial charge on any atom is 0.232 e. The number of carbonyl (C=O) groups is 2. The molecule has 0 saturated carbocycles. The highest BCUT2D eigenvalue weighted by atomic mass is 16.2. The third-order valence-electron chi connectivity index (χ3n) is 4.24. The predicted octanol–water partition coefficient (Wildman–Crippen LogP) is 3.96. The maximum atomic E-state index is 12.8. The van der Waals surface area contributed by atoms with Crippen molar-refractivity contribution in [3.63, 3.8) is 0 Å². The number of benzene rings is 3. The molecule has 0 aliphatic rings. The molecule has 0 radical (unpaired) electrons. The minimum absolute atomic E-state index is 0.111. The highest BCUT2D eigenvalue weighted by molar-refractivity contribution is 5.91. The number of nitrogens with one attached hydrogen (secondary N) is 2.